The van der Waals surface area contributed by atoms with Crippen LogP contribution >= 0.6 is 11.3 Å². The van der Waals surface area contributed by atoms with Gasteiger partial charge in [0.25, 0.3) is 5.19 Å². The molecule has 0 saturated carbocycles. The first-order chi connectivity index (χ1) is 16.9. The third-order valence-electron chi connectivity index (χ3n) is 6.69. The van der Waals surface area contributed by atoms with Gasteiger partial charge < -0.3 is 14.6 Å². The van der Waals surface area contributed by atoms with Gasteiger partial charge in [-0.15, -0.1) is 5.10 Å². The largest absolute Gasteiger partial charge is 0.470 e. The predicted molar refractivity (Wildman–Crippen MR) is 131 cm³/mol. The summed E-state index contributed by atoms with van der Waals surface area (Å²) in [6.45, 7) is 4.51. The zero-order chi connectivity index (χ0) is 24.5. The molecule has 1 saturated heterocycles. The summed E-state index contributed by atoms with van der Waals surface area (Å²) in [6, 6.07) is 6.92. The Kier molecular flexibility index (Phi) is 6.51. The molecule has 0 amide bonds. The van der Waals surface area contributed by atoms with Crippen LogP contribution in [0, 0.1) is 5.92 Å². The zero-order valence-electron chi connectivity index (χ0n) is 19.5. The van der Waals surface area contributed by atoms with Gasteiger partial charge in [-0.05, 0) is 56.1 Å². The molecule has 10 nitrogen and oxygen atoms in total. The van der Waals surface area contributed by atoms with Crippen molar-refractivity contribution in [2.45, 2.75) is 36.6 Å². The molecule has 0 spiro atoms. The molecule has 12 heteroatoms. The lowest BCUT2D eigenvalue weighted by Gasteiger charge is -2.42. The molecular weight excluding hydrogens is 488 g/mol. The molecule has 35 heavy (non-hydrogen) atoms. The minimum Gasteiger partial charge on any atom is -0.470 e. The maximum Gasteiger partial charge on any atom is 0.275 e. The molecule has 4 aromatic heterocycles. The quantitative estimate of drug-likeness (QED) is 0.373. The van der Waals surface area contributed by atoms with Crippen molar-refractivity contribution in [1.82, 2.24) is 30.6 Å². The maximum absolute atomic E-state index is 11.7. The first-order valence-electron chi connectivity index (χ1n) is 11.4. The fraction of sp³-hybridized carbons (Fsp3) is 0.435. The van der Waals surface area contributed by atoms with Crippen molar-refractivity contribution in [2.24, 2.45) is 5.92 Å². The van der Waals surface area contributed by atoms with Gasteiger partial charge in [0.05, 0.1) is 18.5 Å². The summed E-state index contributed by atoms with van der Waals surface area (Å²) in [4.78, 5) is 14.1. The second kappa shape index (κ2) is 9.59. The van der Waals surface area contributed by atoms with E-state index in [0.29, 0.717) is 23.4 Å². The summed E-state index contributed by atoms with van der Waals surface area (Å²) in [5, 5.41) is 11.7. The molecular formula is C23H26N6O4S2. The third kappa shape index (κ3) is 4.78. The highest BCUT2D eigenvalue weighted by atomic mass is 32.2. The van der Waals surface area contributed by atoms with Crippen LogP contribution in [-0.2, 0) is 15.3 Å². The van der Waals surface area contributed by atoms with Crippen molar-refractivity contribution >= 4 is 31.5 Å². The average molecular weight is 515 g/mol. The van der Waals surface area contributed by atoms with Gasteiger partial charge >= 0.3 is 0 Å². The number of nitrogens with one attached hydrogen (secondary N) is 1. The molecule has 0 bridgehead atoms. The Morgan fingerprint density at radius 2 is 2.11 bits per heavy atom. The Labute approximate surface area is 207 Å². The van der Waals surface area contributed by atoms with Crippen molar-refractivity contribution in [1.29, 1.82) is 0 Å². The fourth-order valence-corrected chi connectivity index (χ4v) is 6.15. The topological polar surface area (TPSA) is 133 Å². The molecule has 0 aliphatic carbocycles. The molecule has 5 heterocycles. The van der Waals surface area contributed by atoms with Crippen LogP contribution in [0.4, 0.5) is 0 Å². The Morgan fingerprint density at radius 3 is 2.83 bits per heavy atom. The number of rotatable bonds is 8. The number of nitrogens with zero attached hydrogens (tertiary/aromatic N) is 5. The van der Waals surface area contributed by atoms with Crippen LogP contribution < -0.4 is 10.1 Å². The van der Waals surface area contributed by atoms with Crippen LogP contribution in [0.3, 0.4) is 0 Å². The third-order valence-corrected chi connectivity index (χ3v) is 8.57. The predicted octanol–water partition coefficient (Wildman–Crippen LogP) is 3.27. The van der Waals surface area contributed by atoms with Crippen LogP contribution in [0.25, 0.3) is 21.6 Å². The lowest BCUT2D eigenvalue weighted by Crippen LogP contribution is -2.48. The highest BCUT2D eigenvalue weighted by Crippen LogP contribution is 2.42. The van der Waals surface area contributed by atoms with Gasteiger partial charge in [-0.1, -0.05) is 24.7 Å². The summed E-state index contributed by atoms with van der Waals surface area (Å²) >= 11 is 1.38. The summed E-state index contributed by atoms with van der Waals surface area (Å²) < 4.78 is 34.9. The number of fused-ring (bicyclic) bond motifs is 1. The molecule has 1 fully saturated rings. The number of hydrogen-bond acceptors (Lipinski definition) is 11. The molecule has 184 valence electrons. The van der Waals surface area contributed by atoms with E-state index in [4.69, 9.17) is 9.26 Å². The van der Waals surface area contributed by atoms with Crippen molar-refractivity contribution in [3.8, 4) is 16.5 Å². The van der Waals surface area contributed by atoms with E-state index >= 15 is 0 Å². The number of piperidine rings is 1. The van der Waals surface area contributed by atoms with Gasteiger partial charge in [-0.2, -0.15) is 0 Å². The van der Waals surface area contributed by atoms with Crippen LogP contribution in [0.2, 0.25) is 0 Å². The van der Waals surface area contributed by atoms with Gasteiger partial charge in [0.1, 0.15) is 10.3 Å². The smallest absolute Gasteiger partial charge is 0.275 e. The summed E-state index contributed by atoms with van der Waals surface area (Å²) in [5.41, 5.74) is 2.00. The van der Waals surface area contributed by atoms with E-state index in [-0.39, 0.29) is 10.4 Å². The Bertz CT molecular complexity index is 1410. The summed E-state index contributed by atoms with van der Waals surface area (Å²) in [5.74, 6) is 1.22. The van der Waals surface area contributed by atoms with E-state index in [2.05, 4.69) is 37.6 Å². The van der Waals surface area contributed by atoms with E-state index in [0.717, 1.165) is 60.3 Å². The van der Waals surface area contributed by atoms with Crippen LogP contribution in [0.15, 0.2) is 46.2 Å². The first kappa shape index (κ1) is 23.8. The lowest BCUT2D eigenvalue weighted by atomic mass is 9.66. The molecule has 2 unspecified atom stereocenters. The molecule has 5 rings (SSSR count). The summed E-state index contributed by atoms with van der Waals surface area (Å²) in [7, 11) is -3.35. The zero-order valence-corrected chi connectivity index (χ0v) is 21.1. The Morgan fingerprint density at radius 1 is 1.23 bits per heavy atom. The number of ether oxygens (including phenoxy) is 1. The molecule has 0 aromatic carbocycles. The maximum atomic E-state index is 11.7. The SMILES string of the molecule is CCC1CNCCC1(CCOc1nc2ccc(-c3ccc(S(C)(=O)=O)nc3)nc2s1)c1cnno1. The second-order valence-electron chi connectivity index (χ2n) is 8.75. The van der Waals surface area contributed by atoms with Gasteiger partial charge in [-0.25, -0.2) is 23.4 Å². The molecule has 1 aliphatic rings. The van der Waals surface area contributed by atoms with E-state index in [9.17, 15) is 8.42 Å². The monoisotopic (exact) mass is 514 g/mol. The number of pyridine rings is 2. The summed E-state index contributed by atoms with van der Waals surface area (Å²) in [6.07, 6.45) is 7.11. The van der Waals surface area contributed by atoms with Crippen molar-refractivity contribution in [3.63, 3.8) is 0 Å². The number of aromatic nitrogens is 5. The van der Waals surface area contributed by atoms with Gasteiger partial charge in [-0.3, -0.25) is 0 Å². The minimum atomic E-state index is -3.35. The molecule has 4 aromatic rings. The van der Waals surface area contributed by atoms with E-state index in [1.54, 1.807) is 12.3 Å². The highest BCUT2D eigenvalue weighted by Gasteiger charge is 2.44. The standard InChI is InChI=1S/C23H26N6O4S2/c1-3-16-13-24-10-8-23(16,19-14-26-29-33-19)9-11-32-22-28-18-6-5-17(27-21(18)34-22)15-4-7-20(25-12-15)35(2,30)31/h4-7,12,14,16,24H,3,8-11,13H2,1-2H3. The van der Waals surface area contributed by atoms with E-state index in [1.165, 1.54) is 23.6 Å². The Hall–Kier alpha value is -2.96. The van der Waals surface area contributed by atoms with E-state index < -0.39 is 9.84 Å². The molecule has 0 radical (unpaired) electrons. The van der Waals surface area contributed by atoms with Crippen LogP contribution in [-0.4, -0.2) is 59.7 Å². The number of thiazole rings is 1. The number of hydrogen-bond donors (Lipinski definition) is 1. The molecule has 1 N–H and O–H groups in total. The van der Waals surface area contributed by atoms with Crippen molar-refractivity contribution < 1.29 is 17.7 Å². The highest BCUT2D eigenvalue weighted by molar-refractivity contribution is 7.90. The molecule has 2 atom stereocenters. The van der Waals surface area contributed by atoms with Crippen molar-refractivity contribution in [3.05, 3.63) is 42.4 Å². The second-order valence-corrected chi connectivity index (χ2v) is 11.7. The fourth-order valence-electron chi connectivity index (χ4n) is 4.78. The van der Waals surface area contributed by atoms with Gasteiger partial charge in [0.2, 0.25) is 0 Å². The van der Waals surface area contributed by atoms with Crippen LogP contribution in [0.5, 0.6) is 5.19 Å². The van der Waals surface area contributed by atoms with Crippen LogP contribution in [0.1, 0.15) is 31.9 Å². The lowest BCUT2D eigenvalue weighted by molar-refractivity contribution is 0.116. The van der Waals surface area contributed by atoms with Gasteiger partial charge in [0, 0.05) is 28.7 Å². The van der Waals surface area contributed by atoms with Crippen molar-refractivity contribution in [2.75, 3.05) is 26.0 Å². The Balaban J connectivity index is 1.32. The average Bonchev–Trinajstić information content (AvgIpc) is 3.54. The molecule has 1 aliphatic heterocycles. The van der Waals surface area contributed by atoms with E-state index in [1.807, 2.05) is 12.1 Å². The van der Waals surface area contributed by atoms with Gasteiger partial charge in [0.15, 0.2) is 20.6 Å². The normalized spacial score (nSPS) is 20.8. The number of sulfone groups is 1. The minimum absolute atomic E-state index is 0.0359. The first-order valence-corrected chi connectivity index (χ1v) is 14.2.